The van der Waals surface area contributed by atoms with Crippen molar-refractivity contribution in [2.24, 2.45) is 0 Å². The Morgan fingerprint density at radius 1 is 0.969 bits per heavy atom. The summed E-state index contributed by atoms with van der Waals surface area (Å²) in [5, 5.41) is 3.03. The zero-order chi connectivity index (χ0) is 21.8. The van der Waals surface area contributed by atoms with Crippen molar-refractivity contribution in [2.75, 3.05) is 13.2 Å². The minimum atomic E-state index is -0.183. The lowest BCUT2D eigenvalue weighted by atomic mass is 9.98. The Balaban J connectivity index is 1.31. The smallest absolute Gasteiger partial charge is 0.255 e. The first kappa shape index (κ1) is 19.9. The number of para-hydroxylation sites is 1. The van der Waals surface area contributed by atoms with Crippen molar-refractivity contribution in [1.29, 1.82) is 0 Å². The average Bonchev–Trinajstić information content (AvgIpc) is 3.36. The number of hydrogen-bond acceptors (Lipinski definition) is 4. The van der Waals surface area contributed by atoms with Gasteiger partial charge in [-0.15, -0.1) is 0 Å². The monoisotopic (exact) mass is 425 g/mol. The highest BCUT2D eigenvalue weighted by Gasteiger charge is 2.20. The second-order valence-electron chi connectivity index (χ2n) is 7.60. The Labute approximate surface area is 186 Å². The average molecular weight is 425 g/mol. The molecule has 3 aromatic carbocycles. The topological polar surface area (TPSA) is 65.4 Å². The standard InChI is InChI=1S/C26H23N3O3/c30-26(23-6-3-7-24-25(23)32-15-14-31-24)28-16-21-4-1-2-5-22(21)20-10-8-19(9-11-20)17-29-13-12-27-18-29/h1-13,18H,14-17H2,(H,28,30). The molecule has 0 saturated heterocycles. The van der Waals surface area contributed by atoms with Crippen molar-refractivity contribution in [2.45, 2.75) is 13.1 Å². The van der Waals surface area contributed by atoms with Crippen molar-refractivity contribution >= 4 is 5.91 Å². The van der Waals surface area contributed by atoms with Gasteiger partial charge < -0.3 is 19.4 Å². The third-order valence-corrected chi connectivity index (χ3v) is 5.46. The highest BCUT2D eigenvalue weighted by molar-refractivity contribution is 5.98. The number of rotatable bonds is 6. The molecule has 2 heterocycles. The highest BCUT2D eigenvalue weighted by atomic mass is 16.6. The molecule has 0 fully saturated rings. The van der Waals surface area contributed by atoms with Crippen molar-refractivity contribution in [3.8, 4) is 22.6 Å². The zero-order valence-corrected chi connectivity index (χ0v) is 17.5. The van der Waals surface area contributed by atoms with Gasteiger partial charge in [-0.25, -0.2) is 4.98 Å². The van der Waals surface area contributed by atoms with Crippen LogP contribution in [0.1, 0.15) is 21.5 Å². The van der Waals surface area contributed by atoms with Crippen LogP contribution in [-0.2, 0) is 13.1 Å². The number of aromatic nitrogens is 2. The second-order valence-corrected chi connectivity index (χ2v) is 7.60. The Morgan fingerprint density at radius 3 is 2.66 bits per heavy atom. The van der Waals surface area contributed by atoms with Gasteiger partial charge in [0.1, 0.15) is 13.2 Å². The molecular weight excluding hydrogens is 402 g/mol. The van der Waals surface area contributed by atoms with E-state index in [0.717, 1.165) is 23.2 Å². The Hall–Kier alpha value is -4.06. The number of carbonyl (C=O) groups is 1. The number of benzene rings is 3. The number of amides is 1. The van der Waals surface area contributed by atoms with Crippen molar-refractivity contribution in [1.82, 2.24) is 14.9 Å². The first-order valence-electron chi connectivity index (χ1n) is 10.6. The first-order valence-corrected chi connectivity index (χ1v) is 10.6. The summed E-state index contributed by atoms with van der Waals surface area (Å²) in [5.41, 5.74) is 4.94. The van der Waals surface area contributed by atoms with Crippen molar-refractivity contribution < 1.29 is 14.3 Å². The third kappa shape index (κ3) is 4.21. The molecule has 32 heavy (non-hydrogen) atoms. The summed E-state index contributed by atoms with van der Waals surface area (Å²) in [7, 11) is 0. The number of imidazole rings is 1. The van der Waals surface area contributed by atoms with Gasteiger partial charge in [0.15, 0.2) is 11.5 Å². The predicted molar refractivity (Wildman–Crippen MR) is 122 cm³/mol. The van der Waals surface area contributed by atoms with E-state index in [1.807, 2.05) is 47.4 Å². The number of carbonyl (C=O) groups excluding carboxylic acids is 1. The number of nitrogens with zero attached hydrogens (tertiary/aromatic N) is 2. The van der Waals surface area contributed by atoms with E-state index in [9.17, 15) is 4.79 Å². The van der Waals surface area contributed by atoms with Gasteiger partial charge in [0.05, 0.1) is 11.9 Å². The van der Waals surface area contributed by atoms with Crippen LogP contribution in [0, 0.1) is 0 Å². The van der Waals surface area contributed by atoms with Gasteiger partial charge >= 0.3 is 0 Å². The summed E-state index contributed by atoms with van der Waals surface area (Å²) >= 11 is 0. The van der Waals surface area contributed by atoms with E-state index in [1.165, 1.54) is 5.56 Å². The third-order valence-electron chi connectivity index (χ3n) is 5.46. The van der Waals surface area contributed by atoms with E-state index in [2.05, 4.69) is 40.6 Å². The van der Waals surface area contributed by atoms with Crippen LogP contribution in [0.15, 0.2) is 85.5 Å². The van der Waals surface area contributed by atoms with Crippen LogP contribution in [0.5, 0.6) is 11.5 Å². The van der Waals surface area contributed by atoms with Crippen molar-refractivity contribution in [3.63, 3.8) is 0 Å². The fraction of sp³-hybridized carbons (Fsp3) is 0.154. The largest absolute Gasteiger partial charge is 0.486 e. The lowest BCUT2D eigenvalue weighted by Gasteiger charge is -2.20. The van der Waals surface area contributed by atoms with Gasteiger partial charge in [0.25, 0.3) is 5.91 Å². The molecule has 1 aliphatic heterocycles. The fourth-order valence-corrected chi connectivity index (χ4v) is 3.86. The van der Waals surface area contributed by atoms with Gasteiger partial charge in [0.2, 0.25) is 0 Å². The van der Waals surface area contributed by atoms with Crippen LogP contribution < -0.4 is 14.8 Å². The molecule has 6 heteroatoms. The maximum absolute atomic E-state index is 12.9. The van der Waals surface area contributed by atoms with Gasteiger partial charge in [-0.3, -0.25) is 4.79 Å². The minimum Gasteiger partial charge on any atom is -0.486 e. The van der Waals surface area contributed by atoms with Gasteiger partial charge in [-0.1, -0.05) is 54.6 Å². The summed E-state index contributed by atoms with van der Waals surface area (Å²) in [4.78, 5) is 17.0. The highest BCUT2D eigenvalue weighted by Crippen LogP contribution is 2.33. The SMILES string of the molecule is O=C(NCc1ccccc1-c1ccc(Cn2ccnc2)cc1)c1cccc2c1OCCO2. The molecule has 1 amide bonds. The van der Waals surface area contributed by atoms with Crippen LogP contribution in [0.3, 0.4) is 0 Å². The fourth-order valence-electron chi connectivity index (χ4n) is 3.86. The quantitative estimate of drug-likeness (QED) is 0.500. The van der Waals surface area contributed by atoms with Crippen LogP contribution in [0.4, 0.5) is 0 Å². The second kappa shape index (κ2) is 8.98. The molecule has 4 aromatic rings. The van der Waals surface area contributed by atoms with Crippen LogP contribution >= 0.6 is 0 Å². The molecule has 0 saturated carbocycles. The normalized spacial score (nSPS) is 12.4. The molecule has 1 aliphatic rings. The zero-order valence-electron chi connectivity index (χ0n) is 17.5. The van der Waals surface area contributed by atoms with E-state index in [0.29, 0.717) is 36.8 Å². The molecule has 0 unspecified atom stereocenters. The number of hydrogen-bond donors (Lipinski definition) is 1. The van der Waals surface area contributed by atoms with E-state index in [1.54, 1.807) is 12.3 Å². The molecule has 0 spiro atoms. The lowest BCUT2D eigenvalue weighted by molar-refractivity contribution is 0.0940. The van der Waals surface area contributed by atoms with Crippen LogP contribution in [0.25, 0.3) is 11.1 Å². The van der Waals surface area contributed by atoms with Gasteiger partial charge in [-0.2, -0.15) is 0 Å². The predicted octanol–water partition coefficient (Wildman–Crippen LogP) is 4.30. The molecule has 6 nitrogen and oxygen atoms in total. The number of ether oxygens (including phenoxy) is 2. The van der Waals surface area contributed by atoms with E-state index in [-0.39, 0.29) is 5.91 Å². The first-order chi connectivity index (χ1) is 15.8. The minimum absolute atomic E-state index is 0.183. The Kier molecular flexibility index (Phi) is 5.58. The number of nitrogens with one attached hydrogen (secondary N) is 1. The lowest BCUT2D eigenvalue weighted by Crippen LogP contribution is -2.25. The summed E-state index contributed by atoms with van der Waals surface area (Å²) in [6.45, 7) is 2.13. The maximum atomic E-state index is 12.9. The Bertz CT molecular complexity index is 1220. The summed E-state index contributed by atoms with van der Waals surface area (Å²) in [6, 6.07) is 22.0. The molecule has 0 bridgehead atoms. The molecular formula is C26H23N3O3. The molecule has 0 atom stereocenters. The molecule has 5 rings (SSSR count). The van der Waals surface area contributed by atoms with Crippen LogP contribution in [-0.4, -0.2) is 28.7 Å². The number of fused-ring (bicyclic) bond motifs is 1. The molecule has 1 aromatic heterocycles. The molecule has 1 N–H and O–H groups in total. The van der Waals surface area contributed by atoms with Gasteiger partial charge in [0, 0.05) is 25.5 Å². The van der Waals surface area contributed by atoms with Crippen molar-refractivity contribution in [3.05, 3.63) is 102 Å². The maximum Gasteiger partial charge on any atom is 0.255 e. The summed E-state index contributed by atoms with van der Waals surface area (Å²) in [6.07, 6.45) is 5.54. The van der Waals surface area contributed by atoms with E-state index < -0.39 is 0 Å². The molecule has 0 aliphatic carbocycles. The van der Waals surface area contributed by atoms with E-state index in [4.69, 9.17) is 9.47 Å². The summed E-state index contributed by atoms with van der Waals surface area (Å²) in [5.74, 6) is 0.941. The molecule has 0 radical (unpaired) electrons. The Morgan fingerprint density at radius 2 is 1.81 bits per heavy atom. The van der Waals surface area contributed by atoms with Crippen LogP contribution in [0.2, 0.25) is 0 Å². The van der Waals surface area contributed by atoms with Gasteiger partial charge in [-0.05, 0) is 34.4 Å². The summed E-state index contributed by atoms with van der Waals surface area (Å²) < 4.78 is 13.3. The molecule has 160 valence electrons. The van der Waals surface area contributed by atoms with E-state index >= 15 is 0 Å².